The molecule has 2 N–H and O–H groups in total. The zero-order chi connectivity index (χ0) is 26.4. The van der Waals surface area contributed by atoms with Gasteiger partial charge in [-0.05, 0) is 85.8 Å². The standard InChI is InChI=1S/C27H45N3O4/c1-17(2)16-21(29-25(33)34-27(9,10)11)24(32)30(26(6,7)8)22(23(31)28-18(3)4)20-15-13-12-14-19(20)5/h12-15,17-18,21-22H,16H2,1-11H3,(H,28,31)(H,29,33). The first-order chi connectivity index (χ1) is 15.4. The summed E-state index contributed by atoms with van der Waals surface area (Å²) in [6, 6.07) is 5.80. The summed E-state index contributed by atoms with van der Waals surface area (Å²) in [6.07, 6.45) is -0.240. The molecule has 0 saturated heterocycles. The van der Waals surface area contributed by atoms with Crippen LogP contribution in [0.15, 0.2) is 24.3 Å². The first kappa shape index (κ1) is 29.5. The molecule has 0 aromatic heterocycles. The Balaban J connectivity index is 3.57. The van der Waals surface area contributed by atoms with Crippen molar-refractivity contribution in [3.05, 3.63) is 35.4 Å². The fraction of sp³-hybridized carbons (Fsp3) is 0.667. The molecule has 192 valence electrons. The average Bonchev–Trinajstić information content (AvgIpc) is 2.62. The van der Waals surface area contributed by atoms with E-state index in [1.54, 1.807) is 25.7 Å². The Morgan fingerprint density at radius 1 is 0.941 bits per heavy atom. The van der Waals surface area contributed by atoms with E-state index >= 15 is 0 Å². The maximum Gasteiger partial charge on any atom is 0.408 e. The van der Waals surface area contributed by atoms with Gasteiger partial charge in [0.2, 0.25) is 11.8 Å². The van der Waals surface area contributed by atoms with E-state index in [2.05, 4.69) is 10.6 Å². The number of nitrogens with one attached hydrogen (secondary N) is 2. The molecule has 34 heavy (non-hydrogen) atoms. The van der Waals surface area contributed by atoms with Crippen molar-refractivity contribution in [2.24, 2.45) is 5.92 Å². The van der Waals surface area contributed by atoms with Gasteiger partial charge in [-0.3, -0.25) is 9.59 Å². The van der Waals surface area contributed by atoms with E-state index < -0.39 is 29.3 Å². The number of nitrogens with zero attached hydrogens (tertiary/aromatic N) is 1. The van der Waals surface area contributed by atoms with Gasteiger partial charge in [-0.25, -0.2) is 4.79 Å². The fourth-order valence-corrected chi connectivity index (χ4v) is 3.81. The highest BCUT2D eigenvalue weighted by atomic mass is 16.6. The Morgan fingerprint density at radius 3 is 1.94 bits per heavy atom. The largest absolute Gasteiger partial charge is 0.444 e. The molecule has 0 spiro atoms. The molecule has 0 aliphatic carbocycles. The molecule has 2 unspecified atom stereocenters. The summed E-state index contributed by atoms with van der Waals surface area (Å²) in [7, 11) is 0. The van der Waals surface area contributed by atoms with Crippen LogP contribution in [0.1, 0.15) is 92.8 Å². The minimum atomic E-state index is -0.855. The van der Waals surface area contributed by atoms with E-state index in [0.29, 0.717) is 6.42 Å². The highest BCUT2D eigenvalue weighted by molar-refractivity contribution is 5.93. The van der Waals surface area contributed by atoms with Crippen LogP contribution >= 0.6 is 0 Å². The van der Waals surface area contributed by atoms with Crippen molar-refractivity contribution in [1.29, 1.82) is 0 Å². The molecule has 0 fully saturated rings. The van der Waals surface area contributed by atoms with Gasteiger partial charge in [-0.15, -0.1) is 0 Å². The summed E-state index contributed by atoms with van der Waals surface area (Å²) in [5.41, 5.74) is 0.266. The van der Waals surface area contributed by atoms with Crippen LogP contribution in [0, 0.1) is 12.8 Å². The molecule has 1 rings (SSSR count). The summed E-state index contributed by atoms with van der Waals surface area (Å²) >= 11 is 0. The summed E-state index contributed by atoms with van der Waals surface area (Å²) in [5.74, 6) is -0.445. The first-order valence-corrected chi connectivity index (χ1v) is 12.1. The Labute approximate surface area is 206 Å². The van der Waals surface area contributed by atoms with E-state index in [1.807, 2.05) is 79.7 Å². The van der Waals surface area contributed by atoms with E-state index in [1.165, 1.54) is 0 Å². The van der Waals surface area contributed by atoms with Gasteiger partial charge >= 0.3 is 6.09 Å². The van der Waals surface area contributed by atoms with Gasteiger partial charge in [0.25, 0.3) is 0 Å². The second-order valence-electron chi connectivity index (χ2n) is 11.6. The number of alkyl carbamates (subject to hydrolysis) is 1. The monoisotopic (exact) mass is 475 g/mol. The average molecular weight is 476 g/mol. The Bertz CT molecular complexity index is 850. The van der Waals surface area contributed by atoms with Crippen LogP contribution in [0.5, 0.6) is 0 Å². The molecule has 0 bridgehead atoms. The van der Waals surface area contributed by atoms with Crippen molar-refractivity contribution in [3.63, 3.8) is 0 Å². The minimum Gasteiger partial charge on any atom is -0.444 e. The molecule has 0 saturated carbocycles. The lowest BCUT2D eigenvalue weighted by Gasteiger charge is -2.43. The molecule has 3 amide bonds. The molecule has 0 aliphatic heterocycles. The van der Waals surface area contributed by atoms with Crippen LogP contribution in [-0.2, 0) is 14.3 Å². The van der Waals surface area contributed by atoms with E-state index in [0.717, 1.165) is 11.1 Å². The third-order valence-electron chi connectivity index (χ3n) is 5.08. The van der Waals surface area contributed by atoms with E-state index in [-0.39, 0.29) is 23.8 Å². The molecule has 0 radical (unpaired) electrons. The molecular formula is C27H45N3O4. The zero-order valence-electron chi connectivity index (χ0n) is 22.9. The zero-order valence-corrected chi connectivity index (χ0v) is 22.9. The minimum absolute atomic E-state index is 0.0951. The van der Waals surface area contributed by atoms with Crippen molar-refractivity contribution in [2.45, 2.75) is 112 Å². The number of hydrogen-bond donors (Lipinski definition) is 2. The van der Waals surface area contributed by atoms with Gasteiger partial charge in [0.05, 0.1) is 0 Å². The van der Waals surface area contributed by atoms with Crippen molar-refractivity contribution in [1.82, 2.24) is 15.5 Å². The van der Waals surface area contributed by atoms with Gasteiger partial charge in [0.15, 0.2) is 0 Å². The smallest absolute Gasteiger partial charge is 0.408 e. The Kier molecular flexibility index (Phi) is 10.2. The summed E-state index contributed by atoms with van der Waals surface area (Å²) in [4.78, 5) is 41.9. The van der Waals surface area contributed by atoms with Crippen LogP contribution in [0.3, 0.4) is 0 Å². The quantitative estimate of drug-likeness (QED) is 0.546. The second kappa shape index (κ2) is 11.7. The number of rotatable bonds is 8. The third kappa shape index (κ3) is 8.99. The maximum atomic E-state index is 14.1. The Morgan fingerprint density at radius 2 is 1.50 bits per heavy atom. The van der Waals surface area contributed by atoms with Crippen LogP contribution in [0.4, 0.5) is 4.79 Å². The van der Waals surface area contributed by atoms with Crippen LogP contribution in [0.2, 0.25) is 0 Å². The van der Waals surface area contributed by atoms with Crippen molar-refractivity contribution in [2.75, 3.05) is 0 Å². The number of ether oxygens (including phenoxy) is 1. The summed E-state index contributed by atoms with van der Waals surface area (Å²) in [6.45, 7) is 20.7. The number of carbonyl (C=O) groups is 3. The van der Waals surface area contributed by atoms with Gasteiger partial charge in [0, 0.05) is 11.6 Å². The molecule has 0 aliphatic rings. The lowest BCUT2D eigenvalue weighted by molar-refractivity contribution is -0.149. The molecule has 1 aromatic rings. The normalized spacial score (nSPS) is 13.9. The highest BCUT2D eigenvalue weighted by Gasteiger charge is 2.42. The van der Waals surface area contributed by atoms with Gasteiger partial charge in [-0.1, -0.05) is 38.1 Å². The van der Waals surface area contributed by atoms with Gasteiger partial charge < -0.3 is 20.3 Å². The SMILES string of the molecule is Cc1ccccc1C(C(=O)NC(C)C)N(C(=O)C(CC(C)C)NC(=O)OC(C)(C)C)C(C)(C)C. The molecule has 0 heterocycles. The predicted molar refractivity (Wildman–Crippen MR) is 136 cm³/mol. The van der Waals surface area contributed by atoms with Crippen molar-refractivity contribution >= 4 is 17.9 Å². The van der Waals surface area contributed by atoms with Crippen molar-refractivity contribution < 1.29 is 19.1 Å². The first-order valence-electron chi connectivity index (χ1n) is 12.1. The van der Waals surface area contributed by atoms with Crippen molar-refractivity contribution in [3.8, 4) is 0 Å². The number of benzene rings is 1. The predicted octanol–water partition coefficient (Wildman–Crippen LogP) is 5.13. The number of amides is 3. The molecule has 2 atom stereocenters. The topological polar surface area (TPSA) is 87.7 Å². The molecule has 7 heteroatoms. The van der Waals surface area contributed by atoms with Gasteiger partial charge in [0.1, 0.15) is 17.7 Å². The lowest BCUT2D eigenvalue weighted by Crippen LogP contribution is -2.59. The molecule has 1 aromatic carbocycles. The molecule has 7 nitrogen and oxygen atoms in total. The number of aryl methyl sites for hydroxylation is 1. The summed E-state index contributed by atoms with van der Waals surface area (Å²) in [5, 5.41) is 5.76. The Hall–Kier alpha value is -2.57. The van der Waals surface area contributed by atoms with Crippen LogP contribution in [-0.4, -0.2) is 46.0 Å². The van der Waals surface area contributed by atoms with E-state index in [4.69, 9.17) is 4.74 Å². The highest BCUT2D eigenvalue weighted by Crippen LogP contribution is 2.32. The van der Waals surface area contributed by atoms with Gasteiger partial charge in [-0.2, -0.15) is 0 Å². The lowest BCUT2D eigenvalue weighted by atomic mass is 9.91. The van der Waals surface area contributed by atoms with E-state index in [9.17, 15) is 14.4 Å². The van der Waals surface area contributed by atoms with Crippen LogP contribution in [0.25, 0.3) is 0 Å². The fourth-order valence-electron chi connectivity index (χ4n) is 3.81. The maximum absolute atomic E-state index is 14.1. The molecular weight excluding hydrogens is 430 g/mol. The summed E-state index contributed by atoms with van der Waals surface area (Å²) < 4.78 is 5.43. The third-order valence-corrected chi connectivity index (χ3v) is 5.08. The second-order valence-corrected chi connectivity index (χ2v) is 11.6. The number of hydrogen-bond acceptors (Lipinski definition) is 4. The number of carbonyl (C=O) groups excluding carboxylic acids is 3. The van der Waals surface area contributed by atoms with Crippen LogP contribution < -0.4 is 10.6 Å².